The largest absolute Gasteiger partial charge is 0.495 e. The molecule has 0 unspecified atom stereocenters. The van der Waals surface area contributed by atoms with Gasteiger partial charge in [0.05, 0.1) is 25.8 Å². The maximum absolute atomic E-state index is 13.2. The summed E-state index contributed by atoms with van der Waals surface area (Å²) in [6, 6.07) is 14.6. The van der Waals surface area contributed by atoms with Crippen molar-refractivity contribution in [1.82, 2.24) is 15.1 Å². The first-order chi connectivity index (χ1) is 16.9. The fourth-order valence-corrected chi connectivity index (χ4v) is 4.65. The van der Waals surface area contributed by atoms with E-state index in [1.54, 1.807) is 18.1 Å². The monoisotopic (exact) mass is 479 g/mol. The van der Waals surface area contributed by atoms with Crippen molar-refractivity contribution in [3.05, 3.63) is 54.1 Å². The number of anilines is 2. The molecule has 0 spiro atoms. The molecule has 9 nitrogen and oxygen atoms in total. The maximum atomic E-state index is 13.2. The van der Waals surface area contributed by atoms with Crippen LogP contribution in [-0.4, -0.2) is 86.5 Å². The predicted molar refractivity (Wildman–Crippen MR) is 135 cm³/mol. The molecule has 186 valence electrons. The first-order valence-electron chi connectivity index (χ1n) is 12.0. The molecule has 0 saturated carbocycles. The maximum Gasteiger partial charge on any atom is 0.243 e. The third-order valence-corrected chi connectivity index (χ3v) is 6.49. The van der Waals surface area contributed by atoms with Crippen LogP contribution in [0.25, 0.3) is 0 Å². The van der Waals surface area contributed by atoms with Crippen LogP contribution in [0.2, 0.25) is 0 Å². The SMILES string of the molecule is COc1ccccc1N1CCN(CC(=O)N2CCNC(=O)[C@@H]2CC(=O)Nc2cccc(C)c2)CC1. The highest BCUT2D eigenvalue weighted by Crippen LogP contribution is 2.28. The normalized spacial score (nSPS) is 18.7. The van der Waals surface area contributed by atoms with E-state index < -0.39 is 6.04 Å². The lowest BCUT2D eigenvalue weighted by molar-refractivity contribution is -0.145. The summed E-state index contributed by atoms with van der Waals surface area (Å²) >= 11 is 0. The number of hydrogen-bond donors (Lipinski definition) is 2. The van der Waals surface area contributed by atoms with Gasteiger partial charge < -0.3 is 25.2 Å². The predicted octanol–water partition coefficient (Wildman–Crippen LogP) is 1.48. The molecule has 9 heteroatoms. The Morgan fingerprint density at radius 1 is 1.06 bits per heavy atom. The first kappa shape index (κ1) is 24.5. The van der Waals surface area contributed by atoms with E-state index in [0.717, 1.165) is 43.2 Å². The summed E-state index contributed by atoms with van der Waals surface area (Å²) < 4.78 is 5.48. The van der Waals surface area contributed by atoms with Gasteiger partial charge in [0.2, 0.25) is 17.7 Å². The number of nitrogens with one attached hydrogen (secondary N) is 2. The van der Waals surface area contributed by atoms with Crippen LogP contribution >= 0.6 is 0 Å². The molecule has 2 aromatic rings. The quantitative estimate of drug-likeness (QED) is 0.625. The number of hydrogen-bond acceptors (Lipinski definition) is 6. The zero-order valence-corrected chi connectivity index (χ0v) is 20.3. The highest BCUT2D eigenvalue weighted by molar-refractivity contribution is 5.97. The number of methoxy groups -OCH3 is 1. The second kappa shape index (κ2) is 11.2. The second-order valence-corrected chi connectivity index (χ2v) is 8.95. The molecule has 2 fully saturated rings. The summed E-state index contributed by atoms with van der Waals surface area (Å²) in [6.07, 6.45) is -0.0763. The Morgan fingerprint density at radius 2 is 1.83 bits per heavy atom. The van der Waals surface area contributed by atoms with E-state index in [-0.39, 0.29) is 30.7 Å². The van der Waals surface area contributed by atoms with Crippen molar-refractivity contribution >= 4 is 29.1 Å². The molecule has 4 rings (SSSR count). The van der Waals surface area contributed by atoms with Crippen molar-refractivity contribution in [2.45, 2.75) is 19.4 Å². The zero-order chi connectivity index (χ0) is 24.8. The lowest BCUT2D eigenvalue weighted by atomic mass is 10.1. The van der Waals surface area contributed by atoms with Gasteiger partial charge in [-0.2, -0.15) is 0 Å². The molecular formula is C26H33N5O4. The standard InChI is InChI=1S/C26H33N5O4/c1-19-6-5-7-20(16-19)28-24(32)17-22-26(34)27-10-11-31(22)25(33)18-29-12-14-30(15-13-29)21-8-3-4-9-23(21)35-2/h3-9,16,22H,10-15,17-18H2,1-2H3,(H,27,34)(H,28,32)/t22-/m0/s1. The van der Waals surface area contributed by atoms with Crippen molar-refractivity contribution in [3.8, 4) is 5.75 Å². The van der Waals surface area contributed by atoms with Gasteiger partial charge in [-0.1, -0.05) is 24.3 Å². The Morgan fingerprint density at radius 3 is 2.57 bits per heavy atom. The minimum Gasteiger partial charge on any atom is -0.495 e. The molecule has 1 atom stereocenters. The Bertz CT molecular complexity index is 1070. The van der Waals surface area contributed by atoms with Gasteiger partial charge in [-0.15, -0.1) is 0 Å². The van der Waals surface area contributed by atoms with Crippen LogP contribution in [0.15, 0.2) is 48.5 Å². The van der Waals surface area contributed by atoms with Crippen molar-refractivity contribution < 1.29 is 19.1 Å². The Labute approximate surface area is 206 Å². The second-order valence-electron chi connectivity index (χ2n) is 8.95. The summed E-state index contributed by atoms with van der Waals surface area (Å²) in [6.45, 7) is 5.96. The molecule has 3 amide bonds. The van der Waals surface area contributed by atoms with Gasteiger partial charge in [0, 0.05) is 45.0 Å². The van der Waals surface area contributed by atoms with Crippen molar-refractivity contribution in [2.24, 2.45) is 0 Å². The van der Waals surface area contributed by atoms with E-state index in [2.05, 4.69) is 20.4 Å². The molecule has 2 aromatic carbocycles. The van der Waals surface area contributed by atoms with Crippen molar-refractivity contribution in [3.63, 3.8) is 0 Å². The van der Waals surface area contributed by atoms with Gasteiger partial charge in [-0.3, -0.25) is 19.3 Å². The number of ether oxygens (including phenoxy) is 1. The number of para-hydroxylation sites is 2. The van der Waals surface area contributed by atoms with Crippen LogP contribution < -0.4 is 20.3 Å². The smallest absolute Gasteiger partial charge is 0.243 e. The molecule has 0 bridgehead atoms. The average Bonchev–Trinajstić information content (AvgIpc) is 2.85. The van der Waals surface area contributed by atoms with E-state index in [9.17, 15) is 14.4 Å². The highest BCUT2D eigenvalue weighted by Gasteiger charge is 2.35. The minimum atomic E-state index is -0.809. The zero-order valence-electron chi connectivity index (χ0n) is 20.3. The molecule has 2 heterocycles. The van der Waals surface area contributed by atoms with E-state index in [1.165, 1.54) is 0 Å². The van der Waals surface area contributed by atoms with Gasteiger partial charge in [0.15, 0.2) is 0 Å². The lowest BCUT2D eigenvalue weighted by Gasteiger charge is -2.39. The molecule has 2 saturated heterocycles. The number of nitrogens with zero attached hydrogens (tertiary/aromatic N) is 3. The average molecular weight is 480 g/mol. The Kier molecular flexibility index (Phi) is 7.87. The van der Waals surface area contributed by atoms with Crippen LogP contribution in [0.4, 0.5) is 11.4 Å². The minimum absolute atomic E-state index is 0.0763. The van der Waals surface area contributed by atoms with Crippen molar-refractivity contribution in [1.29, 1.82) is 0 Å². The number of carbonyl (C=O) groups excluding carboxylic acids is 3. The van der Waals surface area contributed by atoms with Crippen molar-refractivity contribution in [2.75, 3.05) is 63.1 Å². The van der Waals surface area contributed by atoms with E-state index in [4.69, 9.17) is 4.74 Å². The fraction of sp³-hybridized carbons (Fsp3) is 0.423. The molecule has 0 aromatic heterocycles. The van der Waals surface area contributed by atoms with Crippen LogP contribution in [0.1, 0.15) is 12.0 Å². The van der Waals surface area contributed by atoms with Crippen LogP contribution in [0, 0.1) is 6.92 Å². The molecule has 35 heavy (non-hydrogen) atoms. The van der Waals surface area contributed by atoms with E-state index >= 15 is 0 Å². The summed E-state index contributed by atoms with van der Waals surface area (Å²) in [4.78, 5) is 44.4. The molecular weight excluding hydrogens is 446 g/mol. The van der Waals surface area contributed by atoms with E-state index in [1.807, 2.05) is 49.4 Å². The first-order valence-corrected chi connectivity index (χ1v) is 12.0. The number of aryl methyl sites for hydroxylation is 1. The summed E-state index contributed by atoms with van der Waals surface area (Å²) in [7, 11) is 1.67. The molecule has 2 N–H and O–H groups in total. The molecule has 2 aliphatic rings. The van der Waals surface area contributed by atoms with Crippen LogP contribution in [-0.2, 0) is 14.4 Å². The lowest BCUT2D eigenvalue weighted by Crippen LogP contribution is -2.60. The summed E-state index contributed by atoms with van der Waals surface area (Å²) in [5, 5.41) is 5.63. The van der Waals surface area contributed by atoms with Gasteiger partial charge in [0.25, 0.3) is 0 Å². The third kappa shape index (κ3) is 6.10. The molecule has 0 aliphatic carbocycles. The number of amides is 3. The molecule has 0 radical (unpaired) electrons. The number of benzene rings is 2. The van der Waals surface area contributed by atoms with Crippen LogP contribution in [0.3, 0.4) is 0 Å². The Balaban J connectivity index is 1.33. The summed E-state index contributed by atoms with van der Waals surface area (Å²) in [5.41, 5.74) is 2.76. The number of piperazine rings is 2. The highest BCUT2D eigenvalue weighted by atomic mass is 16.5. The molecule has 2 aliphatic heterocycles. The third-order valence-electron chi connectivity index (χ3n) is 6.49. The van der Waals surface area contributed by atoms with Gasteiger partial charge >= 0.3 is 0 Å². The van der Waals surface area contributed by atoms with Gasteiger partial charge in [0.1, 0.15) is 11.8 Å². The topological polar surface area (TPSA) is 94.2 Å². The summed E-state index contributed by atoms with van der Waals surface area (Å²) in [5.74, 6) is 0.132. The van der Waals surface area contributed by atoms with Gasteiger partial charge in [-0.05, 0) is 36.8 Å². The number of rotatable bonds is 7. The fourth-order valence-electron chi connectivity index (χ4n) is 4.65. The van der Waals surface area contributed by atoms with E-state index in [0.29, 0.717) is 18.8 Å². The number of carbonyl (C=O) groups is 3. The van der Waals surface area contributed by atoms with Crippen LogP contribution in [0.5, 0.6) is 5.75 Å². The Hall–Kier alpha value is -3.59. The van der Waals surface area contributed by atoms with Gasteiger partial charge in [-0.25, -0.2) is 0 Å².